The quantitative estimate of drug-likeness (QED) is 0.655. The van der Waals surface area contributed by atoms with E-state index in [0.29, 0.717) is 6.42 Å². The molecule has 2 heterocycles. The van der Waals surface area contributed by atoms with Crippen LogP contribution in [0, 0.1) is 6.92 Å². The molecule has 1 saturated heterocycles. The third kappa shape index (κ3) is 4.19. The highest BCUT2D eigenvalue weighted by molar-refractivity contribution is 5.79. The Bertz CT molecular complexity index is 981. The van der Waals surface area contributed by atoms with Gasteiger partial charge < -0.3 is 14.2 Å². The summed E-state index contributed by atoms with van der Waals surface area (Å²) in [7, 11) is 1.65. The van der Waals surface area contributed by atoms with Crippen molar-refractivity contribution < 1.29 is 9.53 Å². The molecule has 1 unspecified atom stereocenters. The molecule has 5 nitrogen and oxygen atoms in total. The smallest absolute Gasteiger partial charge is 0.227 e. The second-order valence-corrected chi connectivity index (χ2v) is 7.62. The van der Waals surface area contributed by atoms with Crippen molar-refractivity contribution in [2.24, 2.45) is 0 Å². The zero-order valence-electron chi connectivity index (χ0n) is 17.0. The molecule has 0 spiro atoms. The number of hydrogen-bond acceptors (Lipinski definition) is 3. The van der Waals surface area contributed by atoms with Crippen LogP contribution in [0.2, 0.25) is 0 Å². The number of carbonyl (C=O) groups excluding carboxylic acids is 1. The van der Waals surface area contributed by atoms with Gasteiger partial charge in [0, 0.05) is 30.5 Å². The Kier molecular flexibility index (Phi) is 5.65. The maximum atomic E-state index is 13.0. The van der Waals surface area contributed by atoms with Crippen LogP contribution in [0.4, 0.5) is 0 Å². The number of benzene rings is 2. The SMILES string of the molecule is COc1cccc(CC(=O)N2CCCC(n3c(C)cnc3-c3ccccc3)C2)c1. The lowest BCUT2D eigenvalue weighted by Crippen LogP contribution is -2.41. The van der Waals surface area contributed by atoms with Gasteiger partial charge in [-0.1, -0.05) is 42.5 Å². The average molecular weight is 389 g/mol. The summed E-state index contributed by atoms with van der Waals surface area (Å²) in [6.45, 7) is 3.63. The number of aromatic nitrogens is 2. The summed E-state index contributed by atoms with van der Waals surface area (Å²) in [5.74, 6) is 1.94. The van der Waals surface area contributed by atoms with Gasteiger partial charge >= 0.3 is 0 Å². The molecular formula is C24H27N3O2. The largest absolute Gasteiger partial charge is 0.497 e. The number of imidazole rings is 1. The van der Waals surface area contributed by atoms with Crippen LogP contribution in [0.3, 0.4) is 0 Å². The van der Waals surface area contributed by atoms with Gasteiger partial charge in [0.1, 0.15) is 11.6 Å². The molecule has 1 aliphatic heterocycles. The third-order valence-electron chi connectivity index (χ3n) is 5.62. The molecule has 0 saturated carbocycles. The number of methoxy groups -OCH3 is 1. The Balaban J connectivity index is 1.52. The standard InChI is InChI=1S/C24H27N3O2/c1-18-16-25-24(20-9-4-3-5-10-20)27(18)21-11-7-13-26(17-21)23(28)15-19-8-6-12-22(14-19)29-2/h3-6,8-10,12,14,16,21H,7,11,13,15,17H2,1-2H3. The molecule has 29 heavy (non-hydrogen) atoms. The first-order valence-corrected chi connectivity index (χ1v) is 10.2. The fourth-order valence-electron chi connectivity index (χ4n) is 4.17. The van der Waals surface area contributed by atoms with Crippen LogP contribution < -0.4 is 4.74 Å². The van der Waals surface area contributed by atoms with Crippen molar-refractivity contribution in [1.82, 2.24) is 14.5 Å². The first-order chi connectivity index (χ1) is 14.2. The summed E-state index contributed by atoms with van der Waals surface area (Å²) in [5, 5.41) is 0. The minimum Gasteiger partial charge on any atom is -0.497 e. The van der Waals surface area contributed by atoms with Crippen molar-refractivity contribution >= 4 is 5.91 Å². The van der Waals surface area contributed by atoms with E-state index in [4.69, 9.17) is 4.74 Å². The minimum absolute atomic E-state index is 0.169. The molecule has 2 aromatic carbocycles. The molecule has 1 aromatic heterocycles. The van der Waals surface area contributed by atoms with Gasteiger partial charge in [-0.25, -0.2) is 4.98 Å². The first-order valence-electron chi connectivity index (χ1n) is 10.2. The number of rotatable bonds is 5. The Morgan fingerprint density at radius 2 is 2.00 bits per heavy atom. The lowest BCUT2D eigenvalue weighted by molar-refractivity contribution is -0.132. The molecule has 3 aromatic rings. The van der Waals surface area contributed by atoms with Crippen LogP contribution in [-0.2, 0) is 11.2 Å². The summed E-state index contributed by atoms with van der Waals surface area (Å²) in [4.78, 5) is 19.6. The Hall–Kier alpha value is -3.08. The molecule has 0 bridgehead atoms. The number of ether oxygens (including phenoxy) is 1. The molecule has 4 rings (SSSR count). The molecule has 1 amide bonds. The van der Waals surface area contributed by atoms with Crippen molar-refractivity contribution in [3.05, 3.63) is 72.1 Å². The van der Waals surface area contributed by atoms with Crippen LogP contribution in [-0.4, -0.2) is 40.6 Å². The lowest BCUT2D eigenvalue weighted by atomic mass is 10.0. The van der Waals surface area contributed by atoms with E-state index in [1.54, 1.807) is 7.11 Å². The predicted molar refractivity (Wildman–Crippen MR) is 114 cm³/mol. The van der Waals surface area contributed by atoms with Crippen LogP contribution >= 0.6 is 0 Å². The fraction of sp³-hybridized carbons (Fsp3) is 0.333. The first kappa shape index (κ1) is 19.2. The molecule has 1 aliphatic rings. The molecule has 1 atom stereocenters. The summed E-state index contributed by atoms with van der Waals surface area (Å²) in [6, 6.07) is 18.3. The Morgan fingerprint density at radius 1 is 1.17 bits per heavy atom. The second-order valence-electron chi connectivity index (χ2n) is 7.62. The molecule has 0 radical (unpaired) electrons. The summed E-state index contributed by atoms with van der Waals surface area (Å²) in [5.41, 5.74) is 3.23. The van der Waals surface area contributed by atoms with Crippen molar-refractivity contribution in [3.63, 3.8) is 0 Å². The maximum absolute atomic E-state index is 13.0. The van der Waals surface area contributed by atoms with Gasteiger partial charge in [-0.15, -0.1) is 0 Å². The van der Waals surface area contributed by atoms with Gasteiger partial charge in [0.25, 0.3) is 0 Å². The highest BCUT2D eigenvalue weighted by Gasteiger charge is 2.27. The van der Waals surface area contributed by atoms with Gasteiger partial charge in [0.05, 0.1) is 19.6 Å². The number of amides is 1. The van der Waals surface area contributed by atoms with E-state index in [1.165, 1.54) is 0 Å². The molecule has 150 valence electrons. The minimum atomic E-state index is 0.169. The van der Waals surface area contributed by atoms with Gasteiger partial charge in [-0.2, -0.15) is 0 Å². The number of nitrogens with zero attached hydrogens (tertiary/aromatic N) is 3. The number of piperidine rings is 1. The summed E-state index contributed by atoms with van der Waals surface area (Å²) in [6.07, 6.45) is 4.39. The zero-order chi connectivity index (χ0) is 20.2. The van der Waals surface area contributed by atoms with E-state index >= 15 is 0 Å². The monoisotopic (exact) mass is 389 g/mol. The Labute approximate surface area is 171 Å². The average Bonchev–Trinajstić information content (AvgIpc) is 3.16. The fourth-order valence-corrected chi connectivity index (χ4v) is 4.17. The number of hydrogen-bond donors (Lipinski definition) is 0. The third-order valence-corrected chi connectivity index (χ3v) is 5.62. The number of likely N-dealkylation sites (tertiary alicyclic amines) is 1. The van der Waals surface area contributed by atoms with Crippen molar-refractivity contribution in [3.8, 4) is 17.1 Å². The highest BCUT2D eigenvalue weighted by Crippen LogP contribution is 2.29. The van der Waals surface area contributed by atoms with Crippen LogP contribution in [0.5, 0.6) is 5.75 Å². The van der Waals surface area contributed by atoms with E-state index in [-0.39, 0.29) is 11.9 Å². The van der Waals surface area contributed by atoms with Crippen molar-refractivity contribution in [2.45, 2.75) is 32.2 Å². The highest BCUT2D eigenvalue weighted by atomic mass is 16.5. The van der Waals surface area contributed by atoms with Gasteiger partial charge in [-0.3, -0.25) is 4.79 Å². The lowest BCUT2D eigenvalue weighted by Gasteiger charge is -2.35. The number of carbonyl (C=O) groups is 1. The molecule has 0 N–H and O–H groups in total. The maximum Gasteiger partial charge on any atom is 0.227 e. The van der Waals surface area contributed by atoms with Crippen LogP contribution in [0.1, 0.15) is 30.1 Å². The van der Waals surface area contributed by atoms with Gasteiger partial charge in [0.15, 0.2) is 0 Å². The van der Waals surface area contributed by atoms with Crippen molar-refractivity contribution in [1.29, 1.82) is 0 Å². The zero-order valence-corrected chi connectivity index (χ0v) is 17.0. The summed E-state index contributed by atoms with van der Waals surface area (Å²) >= 11 is 0. The second kappa shape index (κ2) is 8.52. The topological polar surface area (TPSA) is 47.4 Å². The van der Waals surface area contributed by atoms with Crippen LogP contribution in [0.15, 0.2) is 60.8 Å². The van der Waals surface area contributed by atoms with E-state index < -0.39 is 0 Å². The summed E-state index contributed by atoms with van der Waals surface area (Å²) < 4.78 is 7.59. The van der Waals surface area contributed by atoms with Crippen molar-refractivity contribution in [2.75, 3.05) is 20.2 Å². The van der Waals surface area contributed by atoms with Crippen LogP contribution in [0.25, 0.3) is 11.4 Å². The van der Waals surface area contributed by atoms with Gasteiger partial charge in [-0.05, 0) is 37.5 Å². The van der Waals surface area contributed by atoms with E-state index in [2.05, 4.69) is 28.6 Å². The number of aryl methyl sites for hydroxylation is 1. The van der Waals surface area contributed by atoms with E-state index in [1.807, 2.05) is 53.6 Å². The normalized spacial score (nSPS) is 16.6. The molecule has 1 fully saturated rings. The van der Waals surface area contributed by atoms with E-state index in [0.717, 1.165) is 54.3 Å². The van der Waals surface area contributed by atoms with Gasteiger partial charge in [0.2, 0.25) is 5.91 Å². The molecule has 5 heteroatoms. The predicted octanol–water partition coefficient (Wildman–Crippen LogP) is 4.27. The molecule has 0 aliphatic carbocycles. The Morgan fingerprint density at radius 3 is 2.79 bits per heavy atom. The molecular weight excluding hydrogens is 362 g/mol. The van der Waals surface area contributed by atoms with E-state index in [9.17, 15) is 4.79 Å².